The molecule has 1 heterocycles. The van der Waals surface area contributed by atoms with Gasteiger partial charge in [0.15, 0.2) is 0 Å². The van der Waals surface area contributed by atoms with Gasteiger partial charge < -0.3 is 10.6 Å². The molecule has 3 rings (SSSR count). The Hall–Kier alpha value is -2.59. The van der Waals surface area contributed by atoms with Gasteiger partial charge in [-0.05, 0) is 37.1 Å². The normalized spacial score (nSPS) is 10.5. The van der Waals surface area contributed by atoms with Crippen molar-refractivity contribution in [3.8, 4) is 0 Å². The summed E-state index contributed by atoms with van der Waals surface area (Å²) in [6.07, 6.45) is 0. The molecule has 0 aliphatic carbocycles. The molecule has 0 saturated heterocycles. The molecule has 5 heteroatoms. The van der Waals surface area contributed by atoms with E-state index >= 15 is 0 Å². The summed E-state index contributed by atoms with van der Waals surface area (Å²) < 4.78 is 0. The molecule has 0 saturated carbocycles. The largest absolute Gasteiger partial charge is 0.366 e. The number of rotatable bonds is 6. The van der Waals surface area contributed by atoms with Crippen LogP contribution in [0.25, 0.3) is 0 Å². The molecular weight excluding hydrogens is 332 g/mol. The molecule has 128 valence electrons. The van der Waals surface area contributed by atoms with E-state index in [1.807, 2.05) is 37.3 Å². The zero-order valence-electron chi connectivity index (χ0n) is 14.4. The van der Waals surface area contributed by atoms with Gasteiger partial charge in [-0.1, -0.05) is 53.6 Å². The summed E-state index contributed by atoms with van der Waals surface area (Å²) in [6.45, 7) is 5.43. The number of aryl methyl sites for hydroxylation is 2. The van der Waals surface area contributed by atoms with E-state index in [9.17, 15) is 0 Å². The first-order chi connectivity index (χ1) is 12.1. The van der Waals surface area contributed by atoms with Crippen LogP contribution in [0.5, 0.6) is 0 Å². The molecular formula is C20H21ClN4. The minimum absolute atomic E-state index is 0.612. The maximum absolute atomic E-state index is 5.91. The second kappa shape index (κ2) is 7.99. The number of benzene rings is 2. The predicted molar refractivity (Wildman–Crippen MR) is 104 cm³/mol. The van der Waals surface area contributed by atoms with E-state index < -0.39 is 0 Å². The van der Waals surface area contributed by atoms with Crippen molar-refractivity contribution >= 4 is 23.4 Å². The summed E-state index contributed by atoms with van der Waals surface area (Å²) in [5, 5.41) is 7.36. The number of halogens is 1. The standard InChI is InChI=1S/C20H21ClN4/c1-14-3-5-16(6-4-14)12-22-19-11-15(2)24-20(25-19)23-13-17-7-9-18(21)10-8-17/h3-11H,12-13H2,1-2H3,(H2,22,23,24,25). The lowest BCUT2D eigenvalue weighted by Crippen LogP contribution is -2.08. The van der Waals surface area contributed by atoms with Crippen LogP contribution in [0.3, 0.4) is 0 Å². The van der Waals surface area contributed by atoms with Crippen LogP contribution < -0.4 is 10.6 Å². The van der Waals surface area contributed by atoms with Crippen LogP contribution in [0.15, 0.2) is 54.6 Å². The van der Waals surface area contributed by atoms with E-state index in [0.717, 1.165) is 28.6 Å². The van der Waals surface area contributed by atoms with Gasteiger partial charge in [0.2, 0.25) is 5.95 Å². The number of nitrogens with zero attached hydrogens (tertiary/aromatic N) is 2. The van der Waals surface area contributed by atoms with Crippen molar-refractivity contribution in [3.05, 3.63) is 82.0 Å². The van der Waals surface area contributed by atoms with Crippen molar-refractivity contribution in [3.63, 3.8) is 0 Å². The molecule has 1 aromatic heterocycles. The highest BCUT2D eigenvalue weighted by Gasteiger charge is 2.03. The quantitative estimate of drug-likeness (QED) is 0.657. The third-order valence-electron chi connectivity index (χ3n) is 3.81. The fourth-order valence-electron chi connectivity index (χ4n) is 2.42. The molecule has 0 bridgehead atoms. The fraction of sp³-hybridized carbons (Fsp3) is 0.200. The Kier molecular flexibility index (Phi) is 5.51. The van der Waals surface area contributed by atoms with E-state index in [4.69, 9.17) is 11.6 Å². The molecule has 4 nitrogen and oxygen atoms in total. The molecule has 0 aliphatic heterocycles. The Bertz CT molecular complexity index is 762. The number of nitrogens with one attached hydrogen (secondary N) is 2. The van der Waals surface area contributed by atoms with Gasteiger partial charge in [-0.25, -0.2) is 4.98 Å². The lowest BCUT2D eigenvalue weighted by molar-refractivity contribution is 1.01. The number of hydrogen-bond acceptors (Lipinski definition) is 4. The fourth-order valence-corrected chi connectivity index (χ4v) is 2.55. The summed E-state index contributed by atoms with van der Waals surface area (Å²) in [4.78, 5) is 8.98. The highest BCUT2D eigenvalue weighted by atomic mass is 35.5. The molecule has 2 aromatic carbocycles. The smallest absolute Gasteiger partial charge is 0.225 e. The van der Waals surface area contributed by atoms with Crippen LogP contribution in [0.2, 0.25) is 5.02 Å². The Labute approximate surface area is 153 Å². The highest BCUT2D eigenvalue weighted by Crippen LogP contribution is 2.14. The lowest BCUT2D eigenvalue weighted by atomic mass is 10.1. The first kappa shape index (κ1) is 17.2. The summed E-state index contributed by atoms with van der Waals surface area (Å²) in [6, 6.07) is 18.1. The minimum atomic E-state index is 0.612. The first-order valence-electron chi connectivity index (χ1n) is 8.22. The van der Waals surface area contributed by atoms with E-state index in [0.29, 0.717) is 12.5 Å². The van der Waals surface area contributed by atoms with Gasteiger partial charge >= 0.3 is 0 Å². The van der Waals surface area contributed by atoms with Crippen molar-refractivity contribution in [2.45, 2.75) is 26.9 Å². The molecule has 0 atom stereocenters. The van der Waals surface area contributed by atoms with Crippen LogP contribution >= 0.6 is 11.6 Å². The first-order valence-corrected chi connectivity index (χ1v) is 8.60. The monoisotopic (exact) mass is 352 g/mol. The Morgan fingerprint density at radius 3 is 2.08 bits per heavy atom. The summed E-state index contributed by atoms with van der Waals surface area (Å²) in [5.74, 6) is 1.42. The third-order valence-corrected chi connectivity index (χ3v) is 4.06. The second-order valence-electron chi connectivity index (χ2n) is 6.04. The van der Waals surface area contributed by atoms with E-state index in [1.54, 1.807) is 0 Å². The zero-order valence-corrected chi connectivity index (χ0v) is 15.1. The van der Waals surface area contributed by atoms with Gasteiger partial charge in [0, 0.05) is 29.9 Å². The van der Waals surface area contributed by atoms with Crippen LogP contribution in [-0.4, -0.2) is 9.97 Å². The predicted octanol–water partition coefficient (Wildman–Crippen LogP) is 4.97. The van der Waals surface area contributed by atoms with Crippen molar-refractivity contribution in [1.29, 1.82) is 0 Å². The topological polar surface area (TPSA) is 49.8 Å². The van der Waals surface area contributed by atoms with Gasteiger partial charge in [-0.15, -0.1) is 0 Å². The molecule has 2 N–H and O–H groups in total. The molecule has 0 spiro atoms. The Morgan fingerprint density at radius 2 is 1.40 bits per heavy atom. The lowest BCUT2D eigenvalue weighted by Gasteiger charge is -2.10. The molecule has 0 fully saturated rings. The van der Waals surface area contributed by atoms with E-state index in [-0.39, 0.29) is 0 Å². The molecule has 0 aliphatic rings. The second-order valence-corrected chi connectivity index (χ2v) is 6.47. The van der Waals surface area contributed by atoms with Crippen LogP contribution in [0, 0.1) is 13.8 Å². The van der Waals surface area contributed by atoms with E-state index in [1.165, 1.54) is 11.1 Å². The van der Waals surface area contributed by atoms with Crippen molar-refractivity contribution in [2.24, 2.45) is 0 Å². The molecule has 0 radical (unpaired) electrons. The van der Waals surface area contributed by atoms with Crippen LogP contribution in [0.1, 0.15) is 22.4 Å². The van der Waals surface area contributed by atoms with Crippen molar-refractivity contribution in [1.82, 2.24) is 9.97 Å². The molecule has 3 aromatic rings. The van der Waals surface area contributed by atoms with Gasteiger partial charge in [-0.2, -0.15) is 4.98 Å². The third kappa shape index (κ3) is 5.19. The van der Waals surface area contributed by atoms with E-state index in [2.05, 4.69) is 51.8 Å². The number of anilines is 2. The minimum Gasteiger partial charge on any atom is -0.366 e. The van der Waals surface area contributed by atoms with Gasteiger partial charge in [-0.3, -0.25) is 0 Å². The van der Waals surface area contributed by atoms with Crippen LogP contribution in [0.4, 0.5) is 11.8 Å². The zero-order chi connectivity index (χ0) is 17.6. The maximum Gasteiger partial charge on any atom is 0.225 e. The average Bonchev–Trinajstić information content (AvgIpc) is 2.60. The average molecular weight is 353 g/mol. The summed E-state index contributed by atoms with van der Waals surface area (Å²) >= 11 is 5.91. The maximum atomic E-state index is 5.91. The number of hydrogen-bond donors (Lipinski definition) is 2. The van der Waals surface area contributed by atoms with Crippen molar-refractivity contribution < 1.29 is 0 Å². The van der Waals surface area contributed by atoms with Gasteiger partial charge in [0.05, 0.1) is 0 Å². The Balaban J connectivity index is 1.63. The Morgan fingerprint density at radius 1 is 0.800 bits per heavy atom. The molecule has 25 heavy (non-hydrogen) atoms. The highest BCUT2D eigenvalue weighted by molar-refractivity contribution is 6.30. The summed E-state index contributed by atoms with van der Waals surface area (Å²) in [7, 11) is 0. The molecule has 0 amide bonds. The molecule has 0 unspecified atom stereocenters. The van der Waals surface area contributed by atoms with Gasteiger partial charge in [0.25, 0.3) is 0 Å². The van der Waals surface area contributed by atoms with Gasteiger partial charge in [0.1, 0.15) is 5.82 Å². The SMILES string of the molecule is Cc1ccc(CNc2cc(C)nc(NCc3ccc(Cl)cc3)n2)cc1. The summed E-state index contributed by atoms with van der Waals surface area (Å²) in [5.41, 5.74) is 4.52. The van der Waals surface area contributed by atoms with Crippen LogP contribution in [-0.2, 0) is 13.1 Å². The van der Waals surface area contributed by atoms with Crippen molar-refractivity contribution in [2.75, 3.05) is 10.6 Å². The number of aromatic nitrogens is 2.